The van der Waals surface area contributed by atoms with E-state index in [4.69, 9.17) is 4.74 Å². The summed E-state index contributed by atoms with van der Waals surface area (Å²) in [6.45, 7) is 5.01. The number of hydrogen-bond donors (Lipinski definition) is 2. The lowest BCUT2D eigenvalue weighted by Gasteiger charge is -2.37. The molecule has 0 bridgehead atoms. The van der Waals surface area contributed by atoms with Crippen molar-refractivity contribution in [1.82, 2.24) is 5.32 Å². The summed E-state index contributed by atoms with van der Waals surface area (Å²) in [6, 6.07) is 8.94. The highest BCUT2D eigenvalue weighted by atomic mass is 16.5. The molecule has 1 aromatic carbocycles. The molecule has 1 fully saturated rings. The van der Waals surface area contributed by atoms with E-state index in [1.807, 2.05) is 12.1 Å². The average Bonchev–Trinajstić information content (AvgIpc) is 2.36. The number of benzene rings is 1. The van der Waals surface area contributed by atoms with E-state index in [-0.39, 0.29) is 6.10 Å². The van der Waals surface area contributed by atoms with E-state index in [0.717, 1.165) is 18.7 Å². The van der Waals surface area contributed by atoms with Crippen molar-refractivity contribution in [3.63, 3.8) is 0 Å². The summed E-state index contributed by atoms with van der Waals surface area (Å²) < 4.78 is 5.18. The van der Waals surface area contributed by atoms with E-state index >= 15 is 0 Å². The van der Waals surface area contributed by atoms with Crippen LogP contribution in [0.2, 0.25) is 0 Å². The van der Waals surface area contributed by atoms with Crippen LogP contribution in [0.4, 0.5) is 0 Å². The molecule has 112 valence electrons. The van der Waals surface area contributed by atoms with Gasteiger partial charge < -0.3 is 15.2 Å². The molecule has 0 saturated heterocycles. The Balaban J connectivity index is 1.69. The molecule has 0 spiro atoms. The molecule has 2 rings (SSSR count). The second-order valence-corrected chi connectivity index (χ2v) is 6.33. The molecule has 1 aliphatic carbocycles. The molecule has 1 aliphatic rings. The van der Waals surface area contributed by atoms with Gasteiger partial charge in [-0.3, -0.25) is 0 Å². The maximum absolute atomic E-state index is 9.85. The van der Waals surface area contributed by atoms with E-state index < -0.39 is 0 Å². The van der Waals surface area contributed by atoms with Crippen LogP contribution in [0.5, 0.6) is 5.75 Å². The number of rotatable bonds is 7. The van der Waals surface area contributed by atoms with Gasteiger partial charge in [-0.1, -0.05) is 26.0 Å². The van der Waals surface area contributed by atoms with Crippen LogP contribution in [0.3, 0.4) is 0 Å². The number of aliphatic hydroxyl groups is 1. The lowest BCUT2D eigenvalue weighted by Crippen LogP contribution is -2.43. The molecule has 3 heteroatoms. The van der Waals surface area contributed by atoms with Gasteiger partial charge in [-0.15, -0.1) is 0 Å². The van der Waals surface area contributed by atoms with Crippen molar-refractivity contribution in [3.05, 3.63) is 29.8 Å². The van der Waals surface area contributed by atoms with E-state index in [1.54, 1.807) is 7.11 Å². The first kappa shape index (κ1) is 15.3. The SMILES string of the molecule is COc1ccc(C2CC(NCC(O)CC(C)C)C2)cc1. The van der Waals surface area contributed by atoms with E-state index in [2.05, 4.69) is 31.3 Å². The maximum atomic E-state index is 9.85. The molecular weight excluding hydrogens is 250 g/mol. The van der Waals surface area contributed by atoms with Crippen molar-refractivity contribution in [2.75, 3.05) is 13.7 Å². The van der Waals surface area contributed by atoms with Crippen molar-refractivity contribution in [3.8, 4) is 5.75 Å². The van der Waals surface area contributed by atoms with Crippen LogP contribution in [-0.2, 0) is 0 Å². The van der Waals surface area contributed by atoms with Crippen LogP contribution < -0.4 is 10.1 Å². The number of nitrogens with one attached hydrogen (secondary N) is 1. The van der Waals surface area contributed by atoms with E-state index in [9.17, 15) is 5.11 Å². The summed E-state index contributed by atoms with van der Waals surface area (Å²) in [5, 5.41) is 13.3. The molecular formula is C17H27NO2. The third-order valence-corrected chi connectivity index (χ3v) is 4.11. The van der Waals surface area contributed by atoms with Crippen molar-refractivity contribution < 1.29 is 9.84 Å². The Morgan fingerprint density at radius 2 is 1.90 bits per heavy atom. The topological polar surface area (TPSA) is 41.5 Å². The van der Waals surface area contributed by atoms with Gasteiger partial charge in [0.05, 0.1) is 13.2 Å². The van der Waals surface area contributed by atoms with Crippen LogP contribution in [0.25, 0.3) is 0 Å². The third-order valence-electron chi connectivity index (χ3n) is 4.11. The fourth-order valence-electron chi connectivity index (χ4n) is 2.86. The highest BCUT2D eigenvalue weighted by Crippen LogP contribution is 2.37. The third kappa shape index (κ3) is 4.22. The van der Waals surface area contributed by atoms with Crippen LogP contribution >= 0.6 is 0 Å². The van der Waals surface area contributed by atoms with Gasteiger partial charge in [0.15, 0.2) is 0 Å². The zero-order chi connectivity index (χ0) is 14.5. The minimum Gasteiger partial charge on any atom is -0.497 e. The molecule has 1 unspecified atom stereocenters. The highest BCUT2D eigenvalue weighted by Gasteiger charge is 2.30. The average molecular weight is 277 g/mol. The normalized spacial score (nSPS) is 23.4. The molecule has 2 N–H and O–H groups in total. The summed E-state index contributed by atoms with van der Waals surface area (Å²) >= 11 is 0. The molecule has 0 radical (unpaired) electrons. The zero-order valence-corrected chi connectivity index (χ0v) is 12.8. The van der Waals surface area contributed by atoms with Gasteiger partial charge in [-0.05, 0) is 48.8 Å². The van der Waals surface area contributed by atoms with Gasteiger partial charge in [0, 0.05) is 12.6 Å². The fourth-order valence-corrected chi connectivity index (χ4v) is 2.86. The van der Waals surface area contributed by atoms with Gasteiger partial charge in [0.25, 0.3) is 0 Å². The minimum absolute atomic E-state index is 0.213. The van der Waals surface area contributed by atoms with Crippen molar-refractivity contribution in [2.45, 2.75) is 51.2 Å². The zero-order valence-electron chi connectivity index (χ0n) is 12.8. The number of ether oxygens (including phenoxy) is 1. The number of hydrogen-bond acceptors (Lipinski definition) is 3. The summed E-state index contributed by atoms with van der Waals surface area (Å²) in [7, 11) is 1.70. The van der Waals surface area contributed by atoms with Crippen molar-refractivity contribution in [2.24, 2.45) is 5.92 Å². The molecule has 0 heterocycles. The lowest BCUT2D eigenvalue weighted by atomic mass is 9.76. The van der Waals surface area contributed by atoms with Crippen molar-refractivity contribution in [1.29, 1.82) is 0 Å². The standard InChI is InChI=1S/C17H27NO2/c1-12(2)8-16(19)11-18-15-9-14(10-15)13-4-6-17(20-3)7-5-13/h4-7,12,14-16,18-19H,8-11H2,1-3H3. The van der Waals surface area contributed by atoms with Crippen molar-refractivity contribution >= 4 is 0 Å². The Labute approximate surface area is 122 Å². The van der Waals surface area contributed by atoms with Gasteiger partial charge in [-0.25, -0.2) is 0 Å². The lowest BCUT2D eigenvalue weighted by molar-refractivity contribution is 0.133. The summed E-state index contributed by atoms with van der Waals surface area (Å²) in [6.07, 6.45) is 3.00. The molecule has 1 saturated carbocycles. The Morgan fingerprint density at radius 1 is 1.25 bits per heavy atom. The smallest absolute Gasteiger partial charge is 0.118 e. The molecule has 20 heavy (non-hydrogen) atoms. The molecule has 1 atom stereocenters. The van der Waals surface area contributed by atoms with Gasteiger partial charge in [0.1, 0.15) is 5.75 Å². The molecule has 0 amide bonds. The van der Waals surface area contributed by atoms with Crippen LogP contribution in [-0.4, -0.2) is 30.9 Å². The quantitative estimate of drug-likeness (QED) is 0.805. The number of methoxy groups -OCH3 is 1. The first-order valence-electron chi connectivity index (χ1n) is 7.64. The minimum atomic E-state index is -0.213. The Bertz CT molecular complexity index is 396. The van der Waals surface area contributed by atoms with Crippen LogP contribution in [0.15, 0.2) is 24.3 Å². The first-order valence-corrected chi connectivity index (χ1v) is 7.64. The second-order valence-electron chi connectivity index (χ2n) is 6.33. The van der Waals surface area contributed by atoms with Crippen LogP contribution in [0, 0.1) is 5.92 Å². The largest absolute Gasteiger partial charge is 0.497 e. The van der Waals surface area contributed by atoms with Gasteiger partial charge >= 0.3 is 0 Å². The molecule has 1 aromatic rings. The molecule has 3 nitrogen and oxygen atoms in total. The summed E-state index contributed by atoms with van der Waals surface area (Å²) in [5.74, 6) is 2.13. The highest BCUT2D eigenvalue weighted by molar-refractivity contribution is 5.30. The number of aliphatic hydroxyl groups excluding tert-OH is 1. The summed E-state index contributed by atoms with van der Waals surface area (Å²) in [4.78, 5) is 0. The second kappa shape index (κ2) is 7.09. The molecule has 0 aliphatic heterocycles. The Kier molecular flexibility index (Phi) is 5.44. The molecule has 0 aromatic heterocycles. The van der Waals surface area contributed by atoms with Gasteiger partial charge in [0.2, 0.25) is 0 Å². The summed E-state index contributed by atoms with van der Waals surface area (Å²) in [5.41, 5.74) is 1.39. The first-order chi connectivity index (χ1) is 9.58. The monoisotopic (exact) mass is 277 g/mol. The van der Waals surface area contributed by atoms with E-state index in [0.29, 0.717) is 17.9 Å². The Morgan fingerprint density at radius 3 is 2.45 bits per heavy atom. The predicted octanol–water partition coefficient (Wildman–Crippen LogP) is 2.94. The van der Waals surface area contributed by atoms with Gasteiger partial charge in [-0.2, -0.15) is 0 Å². The van der Waals surface area contributed by atoms with Crippen LogP contribution in [0.1, 0.15) is 44.6 Å². The Hall–Kier alpha value is -1.06. The predicted molar refractivity (Wildman–Crippen MR) is 82.2 cm³/mol. The fraction of sp³-hybridized carbons (Fsp3) is 0.647. The maximum Gasteiger partial charge on any atom is 0.118 e. The van der Waals surface area contributed by atoms with E-state index in [1.165, 1.54) is 18.4 Å².